The van der Waals surface area contributed by atoms with Gasteiger partial charge in [0.25, 0.3) is 0 Å². The number of aliphatic hydroxyl groups excluding tert-OH is 1. The first-order chi connectivity index (χ1) is 7.86. The molecule has 1 aromatic carbocycles. The van der Waals surface area contributed by atoms with Crippen molar-refractivity contribution >= 4 is 43.6 Å². The van der Waals surface area contributed by atoms with E-state index in [9.17, 15) is 14.7 Å². The molecular formula is C11H10Br2O4. The number of carboxylic acids is 1. The number of carbonyl (C=O) groups is 2. The van der Waals surface area contributed by atoms with Gasteiger partial charge in [0.15, 0.2) is 6.10 Å². The fourth-order valence-electron chi connectivity index (χ4n) is 1.41. The van der Waals surface area contributed by atoms with E-state index in [-0.39, 0.29) is 11.3 Å². The SMILES string of the molecule is CC(=O)C(Br)c1cccc(Br)c1C(O)C(=O)O. The molecule has 1 aromatic rings. The van der Waals surface area contributed by atoms with E-state index in [1.54, 1.807) is 18.2 Å². The first-order valence-electron chi connectivity index (χ1n) is 4.70. The van der Waals surface area contributed by atoms with Crippen molar-refractivity contribution in [2.45, 2.75) is 17.9 Å². The van der Waals surface area contributed by atoms with Crippen LogP contribution in [0.4, 0.5) is 0 Å². The predicted octanol–water partition coefficient (Wildman–Crippen LogP) is 2.59. The molecule has 2 N–H and O–H groups in total. The quantitative estimate of drug-likeness (QED) is 0.804. The Morgan fingerprint density at radius 2 is 1.94 bits per heavy atom. The normalized spacial score (nSPS) is 14.1. The smallest absolute Gasteiger partial charge is 0.337 e. The zero-order valence-corrected chi connectivity index (χ0v) is 12.0. The van der Waals surface area contributed by atoms with Crippen molar-refractivity contribution < 1.29 is 19.8 Å². The molecule has 0 aliphatic carbocycles. The molecule has 0 aromatic heterocycles. The van der Waals surface area contributed by atoms with Crippen LogP contribution in [-0.2, 0) is 9.59 Å². The molecule has 6 heteroatoms. The fourth-order valence-corrected chi connectivity index (χ4v) is 2.40. The lowest BCUT2D eigenvalue weighted by Gasteiger charge is -2.16. The molecule has 17 heavy (non-hydrogen) atoms. The number of hydrogen-bond donors (Lipinski definition) is 2. The van der Waals surface area contributed by atoms with Crippen molar-refractivity contribution in [1.82, 2.24) is 0 Å². The van der Waals surface area contributed by atoms with Crippen LogP contribution in [0.2, 0.25) is 0 Å². The standard InChI is InChI=1S/C11H10Br2O4/c1-5(14)9(13)6-3-2-4-7(12)8(6)10(15)11(16)17/h2-4,9-10,15H,1H3,(H,16,17). The highest BCUT2D eigenvalue weighted by Crippen LogP contribution is 2.35. The number of carbonyl (C=O) groups excluding carboxylic acids is 1. The van der Waals surface area contributed by atoms with Crippen molar-refractivity contribution in [3.8, 4) is 0 Å². The maximum absolute atomic E-state index is 11.3. The van der Waals surface area contributed by atoms with Gasteiger partial charge in [-0.25, -0.2) is 4.79 Å². The number of aliphatic carboxylic acids is 1. The third-order valence-corrected chi connectivity index (χ3v) is 4.05. The van der Waals surface area contributed by atoms with Gasteiger partial charge in [-0.15, -0.1) is 0 Å². The monoisotopic (exact) mass is 364 g/mol. The van der Waals surface area contributed by atoms with Crippen LogP contribution < -0.4 is 0 Å². The zero-order valence-electron chi connectivity index (χ0n) is 8.85. The van der Waals surface area contributed by atoms with Gasteiger partial charge in [-0.2, -0.15) is 0 Å². The molecule has 0 heterocycles. The summed E-state index contributed by atoms with van der Waals surface area (Å²) in [4.78, 5) is 21.5. The zero-order chi connectivity index (χ0) is 13.2. The molecule has 92 valence electrons. The first-order valence-corrected chi connectivity index (χ1v) is 6.40. The Hall–Kier alpha value is -0.720. The number of aliphatic hydroxyl groups is 1. The van der Waals surface area contributed by atoms with Crippen LogP contribution in [0.1, 0.15) is 29.0 Å². The van der Waals surface area contributed by atoms with Crippen molar-refractivity contribution in [2.75, 3.05) is 0 Å². The number of hydrogen-bond acceptors (Lipinski definition) is 3. The molecule has 0 radical (unpaired) electrons. The summed E-state index contributed by atoms with van der Waals surface area (Å²) >= 11 is 6.36. The van der Waals surface area contributed by atoms with Gasteiger partial charge >= 0.3 is 5.97 Å². The van der Waals surface area contributed by atoms with E-state index >= 15 is 0 Å². The summed E-state index contributed by atoms with van der Waals surface area (Å²) in [7, 11) is 0. The number of halogens is 2. The van der Waals surface area contributed by atoms with Gasteiger partial charge in [-0.1, -0.05) is 44.0 Å². The Morgan fingerprint density at radius 1 is 1.35 bits per heavy atom. The predicted molar refractivity (Wildman–Crippen MR) is 69.1 cm³/mol. The van der Waals surface area contributed by atoms with Gasteiger partial charge in [0.2, 0.25) is 0 Å². The van der Waals surface area contributed by atoms with E-state index in [0.717, 1.165) is 0 Å². The minimum atomic E-state index is -1.67. The second kappa shape index (κ2) is 5.75. The number of carboxylic acid groups (broad SMARTS) is 1. The van der Waals surface area contributed by atoms with E-state index in [0.29, 0.717) is 10.0 Å². The van der Waals surface area contributed by atoms with Gasteiger partial charge in [0.1, 0.15) is 5.78 Å². The molecular weight excluding hydrogens is 356 g/mol. The van der Waals surface area contributed by atoms with E-state index in [4.69, 9.17) is 5.11 Å². The van der Waals surface area contributed by atoms with Crippen molar-refractivity contribution in [1.29, 1.82) is 0 Å². The molecule has 2 unspecified atom stereocenters. The van der Waals surface area contributed by atoms with Crippen LogP contribution in [0.5, 0.6) is 0 Å². The van der Waals surface area contributed by atoms with Gasteiger partial charge < -0.3 is 10.2 Å². The first kappa shape index (κ1) is 14.3. The van der Waals surface area contributed by atoms with Crippen LogP contribution in [0.15, 0.2) is 22.7 Å². The van der Waals surface area contributed by atoms with E-state index in [2.05, 4.69) is 31.9 Å². The van der Waals surface area contributed by atoms with E-state index in [1.165, 1.54) is 6.92 Å². The minimum absolute atomic E-state index is 0.165. The minimum Gasteiger partial charge on any atom is -0.479 e. The number of Topliss-reactive ketones (excluding diaryl/α,β-unsaturated/α-hetero) is 1. The van der Waals surface area contributed by atoms with Crippen LogP contribution in [-0.4, -0.2) is 22.0 Å². The Morgan fingerprint density at radius 3 is 2.41 bits per heavy atom. The molecule has 0 spiro atoms. The third kappa shape index (κ3) is 3.14. The maximum Gasteiger partial charge on any atom is 0.337 e. The number of benzene rings is 1. The van der Waals surface area contributed by atoms with E-state index in [1.807, 2.05) is 0 Å². The second-order valence-electron chi connectivity index (χ2n) is 3.46. The summed E-state index contributed by atoms with van der Waals surface area (Å²) in [6.07, 6.45) is -1.67. The molecule has 0 bridgehead atoms. The summed E-state index contributed by atoms with van der Waals surface area (Å²) in [6.45, 7) is 1.39. The van der Waals surface area contributed by atoms with Crippen LogP contribution >= 0.6 is 31.9 Å². The molecule has 4 nitrogen and oxygen atoms in total. The molecule has 0 saturated carbocycles. The van der Waals surface area contributed by atoms with Gasteiger partial charge in [0.05, 0.1) is 4.83 Å². The highest BCUT2D eigenvalue weighted by atomic mass is 79.9. The average molecular weight is 366 g/mol. The molecule has 0 aliphatic heterocycles. The van der Waals surface area contributed by atoms with Gasteiger partial charge in [0, 0.05) is 10.0 Å². The van der Waals surface area contributed by atoms with Crippen LogP contribution in [0.3, 0.4) is 0 Å². The lowest BCUT2D eigenvalue weighted by molar-refractivity contribution is -0.147. The number of ketones is 1. The lowest BCUT2D eigenvalue weighted by atomic mass is 9.98. The molecule has 0 amide bonds. The Kier molecular flexibility index (Phi) is 4.85. The van der Waals surface area contributed by atoms with Gasteiger partial charge in [-0.3, -0.25) is 4.79 Å². The lowest BCUT2D eigenvalue weighted by Crippen LogP contribution is -2.15. The summed E-state index contributed by atoms with van der Waals surface area (Å²) in [6, 6.07) is 4.90. The van der Waals surface area contributed by atoms with Crippen molar-refractivity contribution in [3.63, 3.8) is 0 Å². The highest BCUT2D eigenvalue weighted by Gasteiger charge is 2.26. The fraction of sp³-hybridized carbons (Fsp3) is 0.273. The molecule has 0 aliphatic rings. The average Bonchev–Trinajstić information content (AvgIpc) is 2.26. The maximum atomic E-state index is 11.3. The van der Waals surface area contributed by atoms with E-state index < -0.39 is 16.9 Å². The summed E-state index contributed by atoms with van der Waals surface area (Å²) in [5.74, 6) is -1.52. The molecule has 2 atom stereocenters. The summed E-state index contributed by atoms with van der Waals surface area (Å²) in [5.41, 5.74) is 0.638. The van der Waals surface area contributed by atoms with Crippen LogP contribution in [0, 0.1) is 0 Å². The molecule has 0 saturated heterocycles. The summed E-state index contributed by atoms with van der Waals surface area (Å²) < 4.78 is 0.454. The van der Waals surface area contributed by atoms with Gasteiger partial charge in [-0.05, 0) is 18.6 Å². The summed E-state index contributed by atoms with van der Waals surface area (Å²) in [5, 5.41) is 18.5. The molecule has 0 fully saturated rings. The topological polar surface area (TPSA) is 74.6 Å². The Balaban J connectivity index is 3.36. The Bertz CT molecular complexity index is 459. The number of rotatable bonds is 4. The largest absolute Gasteiger partial charge is 0.479 e. The highest BCUT2D eigenvalue weighted by molar-refractivity contribution is 9.10. The second-order valence-corrected chi connectivity index (χ2v) is 5.23. The third-order valence-electron chi connectivity index (χ3n) is 2.22. The van der Waals surface area contributed by atoms with Crippen molar-refractivity contribution in [3.05, 3.63) is 33.8 Å². The van der Waals surface area contributed by atoms with Crippen LogP contribution in [0.25, 0.3) is 0 Å². The Labute approximate surface area is 115 Å². The number of alkyl halides is 1. The molecule has 1 rings (SSSR count). The van der Waals surface area contributed by atoms with Crippen molar-refractivity contribution in [2.24, 2.45) is 0 Å².